The molecule has 0 aromatic rings. The Bertz CT molecular complexity index is 766. The van der Waals surface area contributed by atoms with E-state index in [1.807, 2.05) is 0 Å². The van der Waals surface area contributed by atoms with Crippen molar-refractivity contribution in [3.8, 4) is 0 Å². The lowest BCUT2D eigenvalue weighted by molar-refractivity contribution is -0.142. The lowest BCUT2D eigenvalue weighted by atomic mass is 10.1. The summed E-state index contributed by atoms with van der Waals surface area (Å²) < 4.78 is 0. The van der Waals surface area contributed by atoms with E-state index < -0.39 is 60.2 Å². The van der Waals surface area contributed by atoms with Crippen LogP contribution in [0.15, 0.2) is 4.99 Å². The molecule has 200 valence electrons. The Kier molecular flexibility index (Phi) is 16.3. The quantitative estimate of drug-likeness (QED) is 0.0381. The molecular formula is C19H35N7O7S2. The number of hydrogen-bond acceptors (Lipinski definition) is 9. The minimum atomic E-state index is -1.35. The summed E-state index contributed by atoms with van der Waals surface area (Å²) in [6, 6.07) is -4.67. The maximum atomic E-state index is 12.9. The number of carbonyl (C=O) groups excluding carboxylic acids is 3. The standard InChI is InChI=1S/C19H35N7O7S2/c1-35-8-6-12(24-15(29)10(20)3-2-7-23-19(21)22)17(31)25-11(4-5-14(27)28)16(30)26-13(9-34)18(32)33/h10-13,34H,2-9,20H2,1H3,(H,24,29)(H,25,31)(H,26,30)(H,27,28)(H,32,33)(H4,21,22,23). The van der Waals surface area contributed by atoms with Gasteiger partial charge in [0.15, 0.2) is 5.96 Å². The minimum Gasteiger partial charge on any atom is -0.481 e. The summed E-state index contributed by atoms with van der Waals surface area (Å²) >= 11 is 5.29. The number of carboxylic acid groups (broad SMARTS) is 2. The van der Waals surface area contributed by atoms with Gasteiger partial charge in [-0.1, -0.05) is 0 Å². The second-order valence-electron chi connectivity index (χ2n) is 7.47. The molecule has 0 aromatic heterocycles. The number of nitrogens with one attached hydrogen (secondary N) is 3. The van der Waals surface area contributed by atoms with Crippen LogP contribution < -0.4 is 33.2 Å². The van der Waals surface area contributed by atoms with Crippen LogP contribution in [0.25, 0.3) is 0 Å². The number of thioether (sulfide) groups is 1. The van der Waals surface area contributed by atoms with E-state index in [0.717, 1.165) is 0 Å². The molecule has 4 atom stereocenters. The minimum absolute atomic E-state index is 0.0812. The summed E-state index contributed by atoms with van der Waals surface area (Å²) in [5.74, 6) is -4.56. The number of thiol groups is 1. The van der Waals surface area contributed by atoms with E-state index in [1.54, 1.807) is 6.26 Å². The molecule has 0 fully saturated rings. The number of nitrogens with two attached hydrogens (primary N) is 3. The van der Waals surface area contributed by atoms with Crippen molar-refractivity contribution in [2.75, 3.05) is 24.3 Å². The fraction of sp³-hybridized carbons (Fsp3) is 0.684. The van der Waals surface area contributed by atoms with Crippen LogP contribution in [0.2, 0.25) is 0 Å². The number of aliphatic imine (C=N–C) groups is 1. The third-order valence-electron chi connectivity index (χ3n) is 4.63. The maximum Gasteiger partial charge on any atom is 0.327 e. The van der Waals surface area contributed by atoms with E-state index in [-0.39, 0.29) is 37.5 Å². The van der Waals surface area contributed by atoms with Gasteiger partial charge in [-0.05, 0) is 37.7 Å². The highest BCUT2D eigenvalue weighted by atomic mass is 32.2. The molecule has 3 amide bonds. The fourth-order valence-electron chi connectivity index (χ4n) is 2.70. The van der Waals surface area contributed by atoms with Crippen LogP contribution in [0.4, 0.5) is 0 Å². The second kappa shape index (κ2) is 17.7. The van der Waals surface area contributed by atoms with Crippen molar-refractivity contribution >= 4 is 60.0 Å². The molecule has 14 nitrogen and oxygen atoms in total. The van der Waals surface area contributed by atoms with Crippen LogP contribution in [0.3, 0.4) is 0 Å². The first-order valence-electron chi connectivity index (χ1n) is 10.7. The topological polar surface area (TPSA) is 252 Å². The lowest BCUT2D eigenvalue weighted by Gasteiger charge is -2.24. The van der Waals surface area contributed by atoms with Gasteiger partial charge in [0.2, 0.25) is 17.7 Å². The summed E-state index contributed by atoms with van der Waals surface area (Å²) in [5.41, 5.74) is 16.4. The van der Waals surface area contributed by atoms with E-state index in [4.69, 9.17) is 27.4 Å². The zero-order chi connectivity index (χ0) is 27.0. The van der Waals surface area contributed by atoms with Gasteiger partial charge in [-0.2, -0.15) is 24.4 Å². The third kappa shape index (κ3) is 14.3. The van der Waals surface area contributed by atoms with Gasteiger partial charge in [0.1, 0.15) is 18.1 Å². The van der Waals surface area contributed by atoms with Gasteiger partial charge in [0, 0.05) is 18.7 Å². The van der Waals surface area contributed by atoms with Crippen molar-refractivity contribution in [1.82, 2.24) is 16.0 Å². The summed E-state index contributed by atoms with van der Waals surface area (Å²) in [5, 5.41) is 25.3. The van der Waals surface area contributed by atoms with Gasteiger partial charge >= 0.3 is 11.9 Å². The average Bonchev–Trinajstić information content (AvgIpc) is 2.79. The molecule has 4 unspecified atom stereocenters. The van der Waals surface area contributed by atoms with Crippen molar-refractivity contribution < 1.29 is 34.2 Å². The highest BCUT2D eigenvalue weighted by molar-refractivity contribution is 7.98. The number of carboxylic acids is 2. The molecule has 0 bridgehead atoms. The summed E-state index contributed by atoms with van der Waals surface area (Å²) in [4.78, 5) is 64.0. The van der Waals surface area contributed by atoms with E-state index in [0.29, 0.717) is 12.2 Å². The van der Waals surface area contributed by atoms with Crippen molar-refractivity contribution in [3.05, 3.63) is 0 Å². The normalized spacial score (nSPS) is 14.0. The smallest absolute Gasteiger partial charge is 0.327 e. The predicted molar refractivity (Wildman–Crippen MR) is 135 cm³/mol. The Balaban J connectivity index is 5.34. The highest BCUT2D eigenvalue weighted by Gasteiger charge is 2.30. The van der Waals surface area contributed by atoms with E-state index in [2.05, 4.69) is 33.6 Å². The maximum absolute atomic E-state index is 12.9. The number of hydrogen-bond donors (Lipinski definition) is 9. The van der Waals surface area contributed by atoms with Gasteiger partial charge in [0.05, 0.1) is 6.04 Å². The molecule has 35 heavy (non-hydrogen) atoms. The Morgan fingerprint density at radius 3 is 1.94 bits per heavy atom. The lowest BCUT2D eigenvalue weighted by Crippen LogP contribution is -2.57. The third-order valence-corrected chi connectivity index (χ3v) is 5.63. The molecule has 0 rings (SSSR count). The molecule has 0 aliphatic carbocycles. The first-order valence-corrected chi connectivity index (χ1v) is 12.7. The molecule has 0 spiro atoms. The molecule has 16 heteroatoms. The number of carbonyl (C=O) groups is 5. The Morgan fingerprint density at radius 2 is 1.46 bits per heavy atom. The predicted octanol–water partition coefficient (Wildman–Crippen LogP) is -2.55. The number of nitrogens with zero attached hydrogens (tertiary/aromatic N) is 1. The number of rotatable bonds is 18. The monoisotopic (exact) mass is 537 g/mol. The van der Waals surface area contributed by atoms with Crippen molar-refractivity contribution in [2.45, 2.75) is 56.3 Å². The number of aliphatic carboxylic acids is 2. The van der Waals surface area contributed by atoms with Crippen LogP contribution in [-0.2, 0) is 24.0 Å². The van der Waals surface area contributed by atoms with E-state index >= 15 is 0 Å². The van der Waals surface area contributed by atoms with E-state index in [9.17, 15) is 24.0 Å². The van der Waals surface area contributed by atoms with Gasteiger partial charge in [-0.15, -0.1) is 0 Å². The molecule has 0 saturated heterocycles. The second-order valence-corrected chi connectivity index (χ2v) is 8.82. The SMILES string of the molecule is CSCCC(NC(=O)C(N)CCCN=C(N)N)C(=O)NC(CCC(=O)O)C(=O)NC(CS)C(=O)O. The van der Waals surface area contributed by atoms with Gasteiger partial charge in [-0.3, -0.25) is 24.2 Å². The van der Waals surface area contributed by atoms with Crippen molar-refractivity contribution in [2.24, 2.45) is 22.2 Å². The Labute approximate surface area is 213 Å². The van der Waals surface area contributed by atoms with E-state index in [1.165, 1.54) is 11.8 Å². The summed E-state index contributed by atoms with van der Waals surface area (Å²) in [7, 11) is 0. The molecule has 0 heterocycles. The summed E-state index contributed by atoms with van der Waals surface area (Å²) in [6.45, 7) is 0.281. The zero-order valence-electron chi connectivity index (χ0n) is 19.4. The average molecular weight is 538 g/mol. The Hall–Kier alpha value is -2.72. The van der Waals surface area contributed by atoms with Crippen molar-refractivity contribution in [1.29, 1.82) is 0 Å². The molecule has 0 saturated carbocycles. The Morgan fingerprint density at radius 1 is 0.914 bits per heavy atom. The molecule has 0 radical (unpaired) electrons. The molecule has 0 aliphatic heterocycles. The molecule has 11 N–H and O–H groups in total. The number of guanidine groups is 1. The molecule has 0 aliphatic rings. The first-order chi connectivity index (χ1) is 16.4. The van der Waals surface area contributed by atoms with Crippen molar-refractivity contribution in [3.63, 3.8) is 0 Å². The zero-order valence-corrected chi connectivity index (χ0v) is 21.1. The first kappa shape index (κ1) is 32.3. The molecule has 0 aromatic carbocycles. The largest absolute Gasteiger partial charge is 0.481 e. The van der Waals surface area contributed by atoms with Crippen LogP contribution in [0.1, 0.15) is 32.1 Å². The van der Waals surface area contributed by atoms with Crippen LogP contribution >= 0.6 is 24.4 Å². The highest BCUT2D eigenvalue weighted by Crippen LogP contribution is 2.06. The number of amides is 3. The fourth-order valence-corrected chi connectivity index (χ4v) is 3.42. The van der Waals surface area contributed by atoms with Gasteiger partial charge < -0.3 is 43.4 Å². The van der Waals surface area contributed by atoms with Crippen LogP contribution in [0.5, 0.6) is 0 Å². The summed E-state index contributed by atoms with van der Waals surface area (Å²) in [6.07, 6.45) is 1.95. The van der Waals surface area contributed by atoms with Gasteiger partial charge in [0.25, 0.3) is 0 Å². The van der Waals surface area contributed by atoms with Gasteiger partial charge in [-0.25, -0.2) is 4.79 Å². The van der Waals surface area contributed by atoms with Crippen LogP contribution in [-0.4, -0.2) is 94.3 Å². The van der Waals surface area contributed by atoms with Crippen LogP contribution in [0, 0.1) is 0 Å². The molecular weight excluding hydrogens is 502 g/mol.